The fourth-order valence-corrected chi connectivity index (χ4v) is 4.69. The van der Waals surface area contributed by atoms with Gasteiger partial charge in [0.1, 0.15) is 17.4 Å². The van der Waals surface area contributed by atoms with Gasteiger partial charge in [0.25, 0.3) is 0 Å². The van der Waals surface area contributed by atoms with Crippen molar-refractivity contribution in [2.45, 2.75) is 105 Å². The molecular weight excluding hydrogens is 518 g/mol. The average Bonchev–Trinajstić information content (AvgIpc) is 3.36. The number of nitrogens with zero attached hydrogens (tertiary/aromatic N) is 1. The summed E-state index contributed by atoms with van der Waals surface area (Å²) in [6.45, 7) is 15.5. The molecule has 39 heavy (non-hydrogen) atoms. The molecule has 1 heterocycles. The summed E-state index contributed by atoms with van der Waals surface area (Å²) >= 11 is 5.92. The number of nitrogens with one attached hydrogen (secondary N) is 2. The van der Waals surface area contributed by atoms with Crippen LogP contribution in [0.15, 0.2) is 24.3 Å². The molecule has 1 aliphatic heterocycles. The van der Waals surface area contributed by atoms with Crippen LogP contribution in [0.4, 0.5) is 0 Å². The lowest BCUT2D eigenvalue weighted by molar-refractivity contribution is -0.157. The minimum atomic E-state index is -0.746. The second-order valence-corrected chi connectivity index (χ2v) is 13.0. The van der Waals surface area contributed by atoms with Gasteiger partial charge in [-0.1, -0.05) is 32.4 Å². The van der Waals surface area contributed by atoms with E-state index in [2.05, 4.69) is 15.5 Å². The van der Waals surface area contributed by atoms with Gasteiger partial charge in [-0.25, -0.2) is 0 Å². The number of carbonyl (C=O) groups is 3. The number of benzene rings is 1. The lowest BCUT2D eigenvalue weighted by Gasteiger charge is -2.34. The van der Waals surface area contributed by atoms with Crippen LogP contribution in [0.2, 0.25) is 5.02 Å². The molecule has 1 aliphatic rings. The van der Waals surface area contributed by atoms with Crippen LogP contribution in [0.3, 0.4) is 0 Å². The van der Waals surface area contributed by atoms with E-state index in [-0.39, 0.29) is 24.4 Å². The number of carbonyl (C=O) groups excluding carboxylic acids is 3. The molecule has 0 bridgehead atoms. The molecule has 0 aromatic heterocycles. The zero-order chi connectivity index (χ0) is 29.2. The van der Waals surface area contributed by atoms with Crippen molar-refractivity contribution in [3.63, 3.8) is 0 Å². The largest absolute Gasteiger partial charge is 0.494 e. The summed E-state index contributed by atoms with van der Waals surface area (Å²) in [6, 6.07) is 6.41. The molecule has 220 valence electrons. The van der Waals surface area contributed by atoms with Crippen molar-refractivity contribution in [2.75, 3.05) is 19.7 Å². The van der Waals surface area contributed by atoms with E-state index in [1.54, 1.807) is 32.9 Å². The lowest BCUT2D eigenvalue weighted by Crippen LogP contribution is -2.58. The van der Waals surface area contributed by atoms with E-state index in [1.165, 1.54) is 0 Å². The number of rotatable bonds is 13. The average molecular weight is 566 g/mol. The molecule has 8 nitrogen and oxygen atoms in total. The number of esters is 1. The molecule has 9 heteroatoms. The van der Waals surface area contributed by atoms with Gasteiger partial charge in [0.2, 0.25) is 11.8 Å². The Kier molecular flexibility index (Phi) is 12.6. The number of hydrogen-bond donors (Lipinski definition) is 2. The summed E-state index contributed by atoms with van der Waals surface area (Å²) in [4.78, 5) is 41.7. The van der Waals surface area contributed by atoms with E-state index in [1.807, 2.05) is 39.8 Å². The highest BCUT2D eigenvalue weighted by molar-refractivity contribution is 6.30. The van der Waals surface area contributed by atoms with Crippen molar-refractivity contribution in [3.05, 3.63) is 29.3 Å². The van der Waals surface area contributed by atoms with Gasteiger partial charge in [-0.2, -0.15) is 0 Å². The molecule has 1 aromatic rings. The Balaban J connectivity index is 2.02. The summed E-state index contributed by atoms with van der Waals surface area (Å²) in [5, 5.41) is 6.70. The van der Waals surface area contributed by atoms with Crippen LogP contribution in [0, 0.1) is 11.3 Å². The number of likely N-dealkylation sites (tertiary alicyclic amines) is 1. The minimum absolute atomic E-state index is 0.0518. The van der Waals surface area contributed by atoms with Crippen molar-refractivity contribution in [3.8, 4) is 5.75 Å². The number of halogens is 1. The Morgan fingerprint density at radius 1 is 0.949 bits per heavy atom. The van der Waals surface area contributed by atoms with E-state index in [0.29, 0.717) is 30.9 Å². The molecule has 0 spiro atoms. The maximum absolute atomic E-state index is 13.5. The first-order valence-corrected chi connectivity index (χ1v) is 14.5. The highest BCUT2D eigenvalue weighted by Gasteiger charge is 2.36. The van der Waals surface area contributed by atoms with Gasteiger partial charge in [-0.3, -0.25) is 19.3 Å². The van der Waals surface area contributed by atoms with Crippen molar-refractivity contribution in [2.24, 2.45) is 11.3 Å². The standard InChI is InChI=1S/C30H48ClN3O5/c1-21(34-17-9-10-18-34)32-28(37)26(29(2,3)4)33-27(36)22(20-25(35)39-30(5,6)7)12-8-11-19-38-24-15-13-23(31)14-16-24/h13-16,21-22,26H,8-12,17-20H2,1-7H3,(H,32,37)(H,33,36)/t21?,22-,26-/m1/s1. The van der Waals surface area contributed by atoms with Crippen molar-refractivity contribution >= 4 is 29.4 Å². The smallest absolute Gasteiger partial charge is 0.307 e. The van der Waals surface area contributed by atoms with Gasteiger partial charge < -0.3 is 20.1 Å². The maximum Gasteiger partial charge on any atom is 0.307 e. The molecule has 2 N–H and O–H groups in total. The first kappa shape index (κ1) is 32.9. The second-order valence-electron chi connectivity index (χ2n) is 12.5. The van der Waals surface area contributed by atoms with Crippen LogP contribution in [0.25, 0.3) is 0 Å². The Morgan fingerprint density at radius 3 is 2.13 bits per heavy atom. The summed E-state index contributed by atoms with van der Waals surface area (Å²) in [7, 11) is 0. The maximum atomic E-state index is 13.5. The van der Waals surface area contributed by atoms with Gasteiger partial charge in [0, 0.05) is 24.0 Å². The zero-order valence-corrected chi connectivity index (χ0v) is 25.5. The number of ether oxygens (including phenoxy) is 2. The van der Waals surface area contributed by atoms with E-state index in [0.717, 1.165) is 31.7 Å². The van der Waals surface area contributed by atoms with E-state index in [4.69, 9.17) is 21.1 Å². The van der Waals surface area contributed by atoms with Gasteiger partial charge >= 0.3 is 5.97 Å². The highest BCUT2D eigenvalue weighted by Crippen LogP contribution is 2.23. The van der Waals surface area contributed by atoms with Crippen LogP contribution in [0.5, 0.6) is 5.75 Å². The summed E-state index contributed by atoms with van der Waals surface area (Å²) in [6.07, 6.45) is 3.93. The van der Waals surface area contributed by atoms with Crippen molar-refractivity contribution in [1.29, 1.82) is 0 Å². The second kappa shape index (κ2) is 14.9. The monoisotopic (exact) mass is 565 g/mol. The molecule has 0 radical (unpaired) electrons. The molecule has 2 amide bonds. The molecule has 1 fully saturated rings. The van der Waals surface area contributed by atoms with Crippen LogP contribution in [-0.2, 0) is 19.1 Å². The first-order valence-electron chi connectivity index (χ1n) is 14.1. The molecular formula is C30H48ClN3O5. The minimum Gasteiger partial charge on any atom is -0.494 e. The van der Waals surface area contributed by atoms with Crippen LogP contribution in [0.1, 0.15) is 87.0 Å². The molecule has 1 unspecified atom stereocenters. The van der Waals surface area contributed by atoms with Gasteiger partial charge in [0.05, 0.1) is 19.2 Å². The number of unbranched alkanes of at least 4 members (excludes halogenated alkanes) is 1. The third-order valence-electron chi connectivity index (χ3n) is 6.69. The third-order valence-corrected chi connectivity index (χ3v) is 6.94. The lowest BCUT2D eigenvalue weighted by atomic mass is 9.85. The Hall–Kier alpha value is -2.32. The summed E-state index contributed by atoms with van der Waals surface area (Å²) in [5.41, 5.74) is -1.17. The fourth-order valence-electron chi connectivity index (χ4n) is 4.57. The van der Waals surface area contributed by atoms with Crippen LogP contribution in [-0.4, -0.2) is 60.2 Å². The number of hydrogen-bond acceptors (Lipinski definition) is 6. The SMILES string of the molecule is CC(NC(=O)[C@@H](NC(=O)[C@H](CCCCOc1ccc(Cl)cc1)CC(=O)OC(C)(C)C)C(C)(C)C)N1CCCC1. The van der Waals surface area contributed by atoms with Crippen molar-refractivity contribution < 1.29 is 23.9 Å². The summed E-state index contributed by atoms with van der Waals surface area (Å²) < 4.78 is 11.3. The molecule has 3 atom stereocenters. The zero-order valence-electron chi connectivity index (χ0n) is 24.8. The Labute approximate surface area is 239 Å². The molecule has 1 saturated heterocycles. The van der Waals surface area contributed by atoms with E-state index in [9.17, 15) is 14.4 Å². The molecule has 1 aromatic carbocycles. The summed E-state index contributed by atoms with van der Waals surface area (Å²) in [5.74, 6) is -0.862. The predicted octanol–water partition coefficient (Wildman–Crippen LogP) is 5.33. The van der Waals surface area contributed by atoms with E-state index >= 15 is 0 Å². The third kappa shape index (κ3) is 12.2. The van der Waals surface area contributed by atoms with Gasteiger partial charge in [-0.05, 0) is 89.5 Å². The fraction of sp³-hybridized carbons (Fsp3) is 0.700. The Bertz CT molecular complexity index is 933. The van der Waals surface area contributed by atoms with Gasteiger partial charge in [-0.15, -0.1) is 0 Å². The predicted molar refractivity (Wildman–Crippen MR) is 155 cm³/mol. The molecule has 2 rings (SSSR count). The normalized spacial score (nSPS) is 16.7. The molecule has 0 saturated carbocycles. The van der Waals surface area contributed by atoms with Crippen molar-refractivity contribution in [1.82, 2.24) is 15.5 Å². The quantitative estimate of drug-likeness (QED) is 0.248. The highest BCUT2D eigenvalue weighted by atomic mass is 35.5. The topological polar surface area (TPSA) is 97.0 Å². The Morgan fingerprint density at radius 2 is 1.56 bits per heavy atom. The van der Waals surface area contributed by atoms with Crippen LogP contribution < -0.4 is 15.4 Å². The van der Waals surface area contributed by atoms with Gasteiger partial charge in [0.15, 0.2) is 0 Å². The van der Waals surface area contributed by atoms with Crippen LogP contribution >= 0.6 is 11.6 Å². The first-order chi connectivity index (χ1) is 18.2. The van der Waals surface area contributed by atoms with E-state index < -0.39 is 28.9 Å². The molecule has 0 aliphatic carbocycles. The number of amides is 2.